The summed E-state index contributed by atoms with van der Waals surface area (Å²) in [6, 6.07) is 4.37. The monoisotopic (exact) mass is 378 g/mol. The van der Waals surface area contributed by atoms with Crippen LogP contribution < -0.4 is 15.5 Å². The smallest absolute Gasteiger partial charge is 0.183 e. The Balaban J connectivity index is 1.43. The van der Waals surface area contributed by atoms with Crippen molar-refractivity contribution < 1.29 is 0 Å². The molecule has 0 radical (unpaired) electrons. The van der Waals surface area contributed by atoms with E-state index in [1.807, 2.05) is 18.5 Å². The van der Waals surface area contributed by atoms with E-state index in [0.29, 0.717) is 17.6 Å². The number of pyridine rings is 1. The molecule has 3 aromatic heterocycles. The first-order valence-electron chi connectivity index (χ1n) is 10.1. The van der Waals surface area contributed by atoms with Gasteiger partial charge in [-0.3, -0.25) is 10.1 Å². The van der Waals surface area contributed by atoms with Gasteiger partial charge in [-0.25, -0.2) is 9.97 Å². The van der Waals surface area contributed by atoms with Crippen molar-refractivity contribution in [3.8, 4) is 0 Å². The first-order chi connectivity index (χ1) is 13.7. The molecule has 0 bridgehead atoms. The zero-order valence-corrected chi connectivity index (χ0v) is 16.2. The lowest BCUT2D eigenvalue weighted by atomic mass is 10.0. The van der Waals surface area contributed by atoms with Crippen molar-refractivity contribution in [1.82, 2.24) is 25.1 Å². The predicted molar refractivity (Wildman–Crippen MR) is 110 cm³/mol. The van der Waals surface area contributed by atoms with Crippen LogP contribution in [0.2, 0.25) is 0 Å². The number of aromatic nitrogens is 5. The Morgan fingerprint density at radius 2 is 2.21 bits per heavy atom. The molecule has 1 saturated carbocycles. The summed E-state index contributed by atoms with van der Waals surface area (Å²) in [4.78, 5) is 18.4. The second kappa shape index (κ2) is 7.01. The van der Waals surface area contributed by atoms with Crippen molar-refractivity contribution in [3.63, 3.8) is 0 Å². The fraction of sp³-hybridized carbons (Fsp3) is 0.500. The van der Waals surface area contributed by atoms with Gasteiger partial charge in [0.1, 0.15) is 5.82 Å². The van der Waals surface area contributed by atoms with E-state index >= 15 is 0 Å². The number of nitrogens with one attached hydrogen (secondary N) is 1. The number of hydrogen-bond acceptors (Lipinski definition) is 7. The lowest BCUT2D eigenvalue weighted by molar-refractivity contribution is 0.481. The molecule has 2 aliphatic rings. The highest BCUT2D eigenvalue weighted by molar-refractivity contribution is 5.87. The largest absolute Gasteiger partial charge is 0.358 e. The van der Waals surface area contributed by atoms with Crippen molar-refractivity contribution in [2.45, 2.75) is 38.1 Å². The molecule has 3 aromatic rings. The average molecular weight is 378 g/mol. The van der Waals surface area contributed by atoms with Gasteiger partial charge in [-0.1, -0.05) is 6.42 Å². The van der Waals surface area contributed by atoms with Gasteiger partial charge in [-0.05, 0) is 43.7 Å². The molecular formula is C20H26N8. The number of fused-ring (bicyclic) bond motifs is 2. The molecule has 1 fully saturated rings. The zero-order chi connectivity index (χ0) is 19.1. The third-order valence-corrected chi connectivity index (χ3v) is 6.06. The Labute approximate surface area is 164 Å². The molecule has 8 heteroatoms. The highest BCUT2D eigenvalue weighted by Crippen LogP contribution is 2.34. The molecule has 8 nitrogen and oxygen atoms in total. The molecule has 0 unspecified atom stereocenters. The van der Waals surface area contributed by atoms with Gasteiger partial charge in [-0.15, -0.1) is 0 Å². The van der Waals surface area contributed by atoms with E-state index in [1.165, 1.54) is 12.8 Å². The molecule has 5 rings (SSSR count). The highest BCUT2D eigenvalue weighted by Gasteiger charge is 2.26. The summed E-state index contributed by atoms with van der Waals surface area (Å²) in [5.41, 5.74) is 9.97. The first kappa shape index (κ1) is 17.4. The van der Waals surface area contributed by atoms with Crippen molar-refractivity contribution in [2.75, 3.05) is 29.9 Å². The first-order valence-corrected chi connectivity index (χ1v) is 10.1. The quantitative estimate of drug-likeness (QED) is 0.719. The standard InChI is InChI=1S/C20H26N8/c1-27(12-13-5-2-6-14(13)21)17-11-23-18-19(24-17)25-26-20(18)28-10-4-7-15-16(28)8-3-9-22-15/h3,8-9,11,13-14H,2,4-7,10,12,21H2,1H3,(H,24,25,26)/t13-,14-/m0/s1. The summed E-state index contributed by atoms with van der Waals surface area (Å²) in [5, 5.41) is 7.62. The summed E-state index contributed by atoms with van der Waals surface area (Å²) >= 11 is 0. The van der Waals surface area contributed by atoms with Crippen LogP contribution in [0.25, 0.3) is 11.2 Å². The third-order valence-electron chi connectivity index (χ3n) is 6.06. The van der Waals surface area contributed by atoms with E-state index in [0.717, 1.165) is 60.9 Å². The van der Waals surface area contributed by atoms with Crippen LogP contribution in [0.15, 0.2) is 24.5 Å². The molecule has 1 aliphatic heterocycles. The molecule has 0 saturated heterocycles. The summed E-state index contributed by atoms with van der Waals surface area (Å²) in [5.74, 6) is 2.20. The Hall–Kier alpha value is -2.74. The summed E-state index contributed by atoms with van der Waals surface area (Å²) < 4.78 is 0. The van der Waals surface area contributed by atoms with E-state index in [1.54, 1.807) is 0 Å². The molecular weight excluding hydrogens is 352 g/mol. The third kappa shape index (κ3) is 2.97. The van der Waals surface area contributed by atoms with Gasteiger partial charge >= 0.3 is 0 Å². The molecule has 1 aliphatic carbocycles. The SMILES string of the molecule is CN(C[C@@H]1CCC[C@@H]1N)c1cnc2c(N3CCCc4ncccc43)n[nH]c2n1. The molecule has 0 spiro atoms. The number of aryl methyl sites for hydroxylation is 1. The molecule has 0 amide bonds. The van der Waals surface area contributed by atoms with E-state index in [4.69, 9.17) is 15.7 Å². The maximum atomic E-state index is 6.23. The number of aromatic amines is 1. The van der Waals surface area contributed by atoms with Crippen LogP contribution in [-0.4, -0.2) is 51.3 Å². The number of hydrogen-bond donors (Lipinski definition) is 2. The van der Waals surface area contributed by atoms with Crippen LogP contribution >= 0.6 is 0 Å². The average Bonchev–Trinajstić information content (AvgIpc) is 3.33. The fourth-order valence-electron chi connectivity index (χ4n) is 4.50. The second-order valence-corrected chi connectivity index (χ2v) is 7.93. The number of H-pyrrole nitrogens is 1. The Morgan fingerprint density at radius 3 is 3.07 bits per heavy atom. The molecule has 2 atom stereocenters. The van der Waals surface area contributed by atoms with E-state index in [-0.39, 0.29) is 0 Å². The number of nitrogens with two attached hydrogens (primary N) is 1. The molecule has 0 aromatic carbocycles. The number of rotatable bonds is 4. The Morgan fingerprint density at radius 1 is 1.29 bits per heavy atom. The zero-order valence-electron chi connectivity index (χ0n) is 16.2. The van der Waals surface area contributed by atoms with Crippen LogP contribution in [0, 0.1) is 5.92 Å². The van der Waals surface area contributed by atoms with Gasteiger partial charge in [-0.2, -0.15) is 5.10 Å². The Kier molecular flexibility index (Phi) is 4.35. The van der Waals surface area contributed by atoms with Crippen LogP contribution in [0.4, 0.5) is 17.3 Å². The van der Waals surface area contributed by atoms with E-state index in [2.05, 4.69) is 38.1 Å². The maximum Gasteiger partial charge on any atom is 0.183 e. The summed E-state index contributed by atoms with van der Waals surface area (Å²) in [7, 11) is 2.06. The minimum Gasteiger partial charge on any atom is -0.358 e. The van der Waals surface area contributed by atoms with Crippen LogP contribution in [0.5, 0.6) is 0 Å². The van der Waals surface area contributed by atoms with E-state index < -0.39 is 0 Å². The van der Waals surface area contributed by atoms with Crippen LogP contribution in [-0.2, 0) is 6.42 Å². The van der Waals surface area contributed by atoms with Crippen molar-refractivity contribution in [3.05, 3.63) is 30.2 Å². The van der Waals surface area contributed by atoms with Crippen LogP contribution in [0.1, 0.15) is 31.4 Å². The highest BCUT2D eigenvalue weighted by atomic mass is 15.3. The van der Waals surface area contributed by atoms with Gasteiger partial charge in [0.2, 0.25) is 0 Å². The lowest BCUT2D eigenvalue weighted by Crippen LogP contribution is -2.34. The predicted octanol–water partition coefficient (Wildman–Crippen LogP) is 2.40. The van der Waals surface area contributed by atoms with Crippen molar-refractivity contribution in [2.24, 2.45) is 11.7 Å². The fourth-order valence-corrected chi connectivity index (χ4v) is 4.50. The molecule has 28 heavy (non-hydrogen) atoms. The Bertz CT molecular complexity index is 983. The number of anilines is 3. The van der Waals surface area contributed by atoms with Gasteiger partial charge in [0.05, 0.1) is 17.6 Å². The van der Waals surface area contributed by atoms with Crippen molar-refractivity contribution in [1.29, 1.82) is 0 Å². The molecule has 3 N–H and O–H groups in total. The van der Waals surface area contributed by atoms with Gasteiger partial charge in [0.25, 0.3) is 0 Å². The maximum absolute atomic E-state index is 6.23. The van der Waals surface area contributed by atoms with Gasteiger partial charge in [0, 0.05) is 32.4 Å². The van der Waals surface area contributed by atoms with E-state index in [9.17, 15) is 0 Å². The normalized spacial score (nSPS) is 21.9. The van der Waals surface area contributed by atoms with Gasteiger partial charge in [0.15, 0.2) is 17.0 Å². The summed E-state index contributed by atoms with van der Waals surface area (Å²) in [6.45, 7) is 1.81. The molecule has 4 heterocycles. The van der Waals surface area contributed by atoms with Gasteiger partial charge < -0.3 is 15.5 Å². The second-order valence-electron chi connectivity index (χ2n) is 7.93. The van der Waals surface area contributed by atoms with Crippen LogP contribution in [0.3, 0.4) is 0 Å². The lowest BCUT2D eigenvalue weighted by Gasteiger charge is -2.28. The minimum atomic E-state index is 0.297. The topological polar surface area (TPSA) is 99.9 Å². The minimum absolute atomic E-state index is 0.297. The number of nitrogens with zero attached hydrogens (tertiary/aromatic N) is 6. The van der Waals surface area contributed by atoms with Crippen molar-refractivity contribution >= 4 is 28.5 Å². The summed E-state index contributed by atoms with van der Waals surface area (Å²) in [6.07, 6.45) is 9.28. The molecule has 146 valence electrons.